The van der Waals surface area contributed by atoms with Gasteiger partial charge >= 0.3 is 0 Å². The van der Waals surface area contributed by atoms with E-state index < -0.39 is 0 Å². The van der Waals surface area contributed by atoms with Crippen LogP contribution in [0.3, 0.4) is 0 Å². The highest BCUT2D eigenvalue weighted by molar-refractivity contribution is 9.10. The Labute approximate surface area is 187 Å². The van der Waals surface area contributed by atoms with E-state index in [1.807, 2.05) is 12.1 Å². The van der Waals surface area contributed by atoms with Crippen LogP contribution in [0.15, 0.2) is 53.0 Å². The number of carbonyl (C=O) groups is 1. The minimum atomic E-state index is -0.0778. The summed E-state index contributed by atoms with van der Waals surface area (Å²) in [6.45, 7) is 6.29. The Kier molecular flexibility index (Phi) is 6.46. The van der Waals surface area contributed by atoms with E-state index in [1.54, 1.807) is 0 Å². The topological polar surface area (TPSA) is 53.6 Å². The molecule has 1 saturated heterocycles. The average molecular weight is 472 g/mol. The number of amides is 1. The summed E-state index contributed by atoms with van der Waals surface area (Å²) in [6, 6.07) is 16.5. The second kappa shape index (κ2) is 9.08. The maximum atomic E-state index is 12.5. The van der Waals surface area contributed by atoms with Crippen molar-refractivity contribution in [2.45, 2.75) is 50.9 Å². The van der Waals surface area contributed by atoms with Crippen LogP contribution in [-0.4, -0.2) is 37.7 Å². The van der Waals surface area contributed by atoms with Gasteiger partial charge in [0.25, 0.3) is 0 Å². The summed E-state index contributed by atoms with van der Waals surface area (Å²) in [5.74, 6) is -0.0141. The maximum Gasteiger partial charge on any atom is 0.238 e. The lowest BCUT2D eigenvalue weighted by Gasteiger charge is -2.43. The number of nitrogens with zero attached hydrogens (tertiary/aromatic N) is 1. The van der Waals surface area contributed by atoms with Gasteiger partial charge in [0.2, 0.25) is 5.91 Å². The third-order valence-corrected chi connectivity index (χ3v) is 6.66. The Morgan fingerprint density at radius 1 is 1.07 bits per heavy atom. The fourth-order valence-corrected chi connectivity index (χ4v) is 4.73. The van der Waals surface area contributed by atoms with Crippen LogP contribution in [0.4, 0.5) is 11.4 Å². The fraction of sp³-hybridized carbons (Fsp3) is 0.458. The van der Waals surface area contributed by atoms with E-state index in [0.717, 1.165) is 41.8 Å². The van der Waals surface area contributed by atoms with Crippen molar-refractivity contribution >= 4 is 33.2 Å². The summed E-state index contributed by atoms with van der Waals surface area (Å²) in [7, 11) is 0. The molecule has 4 rings (SSSR count). The van der Waals surface area contributed by atoms with Crippen LogP contribution >= 0.6 is 15.9 Å². The summed E-state index contributed by atoms with van der Waals surface area (Å²) < 4.78 is 6.88. The smallest absolute Gasteiger partial charge is 0.238 e. The lowest BCUT2D eigenvalue weighted by Crippen LogP contribution is -2.50. The third kappa shape index (κ3) is 4.88. The Balaban J connectivity index is 1.32. The molecule has 1 amide bonds. The van der Waals surface area contributed by atoms with E-state index in [9.17, 15) is 4.79 Å². The molecule has 0 aromatic heterocycles. The molecule has 2 atom stereocenters. The van der Waals surface area contributed by atoms with Crippen LogP contribution in [0, 0.1) is 0 Å². The first-order chi connectivity index (χ1) is 14.4. The summed E-state index contributed by atoms with van der Waals surface area (Å²) >= 11 is 3.49. The van der Waals surface area contributed by atoms with E-state index in [-0.39, 0.29) is 23.7 Å². The molecule has 2 unspecified atom stereocenters. The SMILES string of the molecule is CC1CN(c2ccc(NC(=O)CNC3(c4ccc(Br)cc4)CCC3)cc2)CC(C)O1. The van der Waals surface area contributed by atoms with Crippen LogP contribution in [0.2, 0.25) is 0 Å². The fourth-order valence-electron chi connectivity index (χ4n) is 4.47. The molecule has 1 saturated carbocycles. The van der Waals surface area contributed by atoms with Crippen LogP contribution in [-0.2, 0) is 15.1 Å². The van der Waals surface area contributed by atoms with E-state index >= 15 is 0 Å². The molecule has 0 spiro atoms. The van der Waals surface area contributed by atoms with Gasteiger partial charge in [-0.15, -0.1) is 0 Å². The molecule has 0 bridgehead atoms. The van der Waals surface area contributed by atoms with Crippen molar-refractivity contribution in [1.82, 2.24) is 5.32 Å². The predicted octanol–water partition coefficient (Wildman–Crippen LogP) is 4.67. The largest absolute Gasteiger partial charge is 0.372 e. The first kappa shape index (κ1) is 21.3. The van der Waals surface area contributed by atoms with Crippen molar-refractivity contribution in [1.29, 1.82) is 0 Å². The van der Waals surface area contributed by atoms with E-state index in [0.29, 0.717) is 6.54 Å². The van der Waals surface area contributed by atoms with Crippen molar-refractivity contribution in [3.8, 4) is 0 Å². The van der Waals surface area contributed by atoms with Crippen molar-refractivity contribution < 1.29 is 9.53 Å². The lowest BCUT2D eigenvalue weighted by atomic mass is 9.72. The van der Waals surface area contributed by atoms with Gasteiger partial charge < -0.3 is 15.0 Å². The van der Waals surface area contributed by atoms with Crippen LogP contribution in [0.5, 0.6) is 0 Å². The highest BCUT2D eigenvalue weighted by Crippen LogP contribution is 2.41. The number of nitrogens with one attached hydrogen (secondary N) is 2. The zero-order valence-electron chi connectivity index (χ0n) is 17.7. The number of morpholine rings is 1. The number of hydrogen-bond acceptors (Lipinski definition) is 4. The van der Waals surface area contributed by atoms with Gasteiger partial charge in [-0.3, -0.25) is 10.1 Å². The Morgan fingerprint density at radius 3 is 2.27 bits per heavy atom. The molecular weight excluding hydrogens is 442 g/mol. The minimum Gasteiger partial charge on any atom is -0.372 e. The molecule has 2 fully saturated rings. The number of halogens is 1. The second-order valence-electron chi connectivity index (χ2n) is 8.55. The molecular formula is C24H30BrN3O2. The number of carbonyl (C=O) groups excluding carboxylic acids is 1. The number of ether oxygens (including phenoxy) is 1. The summed E-state index contributed by atoms with van der Waals surface area (Å²) in [5.41, 5.74) is 3.16. The van der Waals surface area contributed by atoms with Gasteiger partial charge in [-0.1, -0.05) is 28.1 Å². The predicted molar refractivity (Wildman–Crippen MR) is 125 cm³/mol. The second-order valence-corrected chi connectivity index (χ2v) is 9.47. The molecule has 2 aromatic carbocycles. The van der Waals surface area contributed by atoms with Crippen molar-refractivity contribution in [2.75, 3.05) is 29.9 Å². The highest BCUT2D eigenvalue weighted by atomic mass is 79.9. The van der Waals surface area contributed by atoms with Crippen LogP contribution < -0.4 is 15.5 Å². The number of rotatable bonds is 6. The first-order valence-corrected chi connectivity index (χ1v) is 11.5. The minimum absolute atomic E-state index is 0.0141. The van der Waals surface area contributed by atoms with E-state index in [4.69, 9.17) is 4.74 Å². The van der Waals surface area contributed by atoms with Gasteiger partial charge in [-0.05, 0) is 75.1 Å². The van der Waals surface area contributed by atoms with Crippen molar-refractivity contribution in [3.63, 3.8) is 0 Å². The van der Waals surface area contributed by atoms with Crippen molar-refractivity contribution in [3.05, 3.63) is 58.6 Å². The quantitative estimate of drug-likeness (QED) is 0.642. The summed E-state index contributed by atoms with van der Waals surface area (Å²) in [4.78, 5) is 14.9. The Bertz CT molecular complexity index is 855. The average Bonchev–Trinajstić information content (AvgIpc) is 2.68. The molecule has 1 heterocycles. The number of benzene rings is 2. The maximum absolute atomic E-state index is 12.5. The first-order valence-electron chi connectivity index (χ1n) is 10.7. The van der Waals surface area contributed by atoms with Gasteiger partial charge in [0.05, 0.1) is 18.8 Å². The Hall–Kier alpha value is -1.89. The molecule has 5 nitrogen and oxygen atoms in total. The Morgan fingerprint density at radius 2 is 1.70 bits per heavy atom. The van der Waals surface area contributed by atoms with Gasteiger partial charge in [-0.2, -0.15) is 0 Å². The third-order valence-electron chi connectivity index (χ3n) is 6.13. The van der Waals surface area contributed by atoms with Gasteiger partial charge in [0.15, 0.2) is 0 Å². The summed E-state index contributed by atoms with van der Waals surface area (Å²) in [5, 5.41) is 6.53. The standard InChI is InChI=1S/C24H30BrN3O2/c1-17-15-28(16-18(2)30-17)22-10-8-21(9-11-22)27-23(29)14-26-24(12-3-13-24)19-4-6-20(25)7-5-19/h4-11,17-18,26H,3,12-16H2,1-2H3,(H,27,29). The van der Waals surface area contributed by atoms with Gasteiger partial charge in [-0.25, -0.2) is 0 Å². The highest BCUT2D eigenvalue weighted by Gasteiger charge is 2.38. The number of anilines is 2. The molecule has 1 aliphatic heterocycles. The molecule has 1 aliphatic carbocycles. The van der Waals surface area contributed by atoms with Gasteiger partial charge in [0, 0.05) is 34.5 Å². The monoisotopic (exact) mass is 471 g/mol. The molecule has 2 aliphatic rings. The zero-order chi connectivity index (χ0) is 21.1. The number of hydrogen-bond donors (Lipinski definition) is 2. The molecule has 6 heteroatoms. The molecule has 2 N–H and O–H groups in total. The van der Waals surface area contributed by atoms with Crippen LogP contribution in [0.1, 0.15) is 38.7 Å². The lowest BCUT2D eigenvalue weighted by molar-refractivity contribution is -0.116. The molecule has 0 radical (unpaired) electrons. The summed E-state index contributed by atoms with van der Waals surface area (Å²) in [6.07, 6.45) is 3.76. The zero-order valence-corrected chi connectivity index (χ0v) is 19.2. The van der Waals surface area contributed by atoms with Crippen molar-refractivity contribution in [2.24, 2.45) is 0 Å². The molecule has 160 valence electrons. The van der Waals surface area contributed by atoms with Gasteiger partial charge in [0.1, 0.15) is 0 Å². The van der Waals surface area contributed by atoms with E-state index in [1.165, 1.54) is 12.0 Å². The van der Waals surface area contributed by atoms with Crippen LogP contribution in [0.25, 0.3) is 0 Å². The normalized spacial score (nSPS) is 23.0. The van der Waals surface area contributed by atoms with E-state index in [2.05, 4.69) is 81.7 Å². The molecule has 2 aromatic rings. The molecule has 30 heavy (non-hydrogen) atoms.